The van der Waals surface area contributed by atoms with Gasteiger partial charge in [-0.25, -0.2) is 9.98 Å². The molecule has 0 spiro atoms. The zero-order valence-corrected chi connectivity index (χ0v) is 7.41. The van der Waals surface area contributed by atoms with E-state index in [1.807, 2.05) is 6.92 Å². The molecular formula is C8H11N3O2. The van der Waals surface area contributed by atoms with Crippen molar-refractivity contribution in [2.75, 3.05) is 18.5 Å². The molecule has 0 fully saturated rings. The highest BCUT2D eigenvalue weighted by atomic mass is 16.5. The summed E-state index contributed by atoms with van der Waals surface area (Å²) in [5.41, 5.74) is 0. The molecule has 0 unspecified atom stereocenters. The summed E-state index contributed by atoms with van der Waals surface area (Å²) in [5.74, 6) is 0.848. The molecule has 13 heavy (non-hydrogen) atoms. The second-order valence-electron chi connectivity index (χ2n) is 2.65. The van der Waals surface area contributed by atoms with E-state index in [2.05, 4.69) is 15.3 Å². The Morgan fingerprint density at radius 1 is 1.62 bits per heavy atom. The number of aliphatic imine (C=N–C) groups is 1. The number of hydrogen-bond acceptors (Lipinski definition) is 5. The van der Waals surface area contributed by atoms with Crippen LogP contribution in [0.25, 0.3) is 0 Å². The molecule has 0 radical (unpaired) electrons. The van der Waals surface area contributed by atoms with E-state index in [4.69, 9.17) is 9.15 Å². The lowest BCUT2D eigenvalue weighted by Gasteiger charge is -1.99. The van der Waals surface area contributed by atoms with E-state index in [9.17, 15) is 0 Å². The molecule has 2 rings (SSSR count). The van der Waals surface area contributed by atoms with Gasteiger partial charge in [-0.1, -0.05) is 6.92 Å². The standard InChI is InChI=1S/C8H11N3O2/c1-2-6-5-10-8(13-6)11-7-9-3-4-12-7/h5H,2-4H2,1H3,(H,9,10,11). The van der Waals surface area contributed by atoms with Gasteiger partial charge in [0.25, 0.3) is 6.02 Å². The molecule has 1 aliphatic heterocycles. The second-order valence-corrected chi connectivity index (χ2v) is 2.65. The molecule has 0 atom stereocenters. The normalized spacial score (nSPS) is 15.3. The Bertz CT molecular complexity index is 319. The predicted molar refractivity (Wildman–Crippen MR) is 47.8 cm³/mol. The number of anilines is 1. The van der Waals surface area contributed by atoms with Crippen LogP contribution in [0.2, 0.25) is 0 Å². The van der Waals surface area contributed by atoms with E-state index in [0.29, 0.717) is 25.2 Å². The number of aromatic nitrogens is 1. The average molecular weight is 181 g/mol. The van der Waals surface area contributed by atoms with Crippen molar-refractivity contribution in [1.82, 2.24) is 4.98 Å². The molecule has 5 nitrogen and oxygen atoms in total. The van der Waals surface area contributed by atoms with Crippen LogP contribution in [0, 0.1) is 0 Å². The number of nitrogens with zero attached hydrogens (tertiary/aromatic N) is 2. The topological polar surface area (TPSA) is 59.7 Å². The monoisotopic (exact) mass is 181 g/mol. The fraction of sp³-hybridized carbons (Fsp3) is 0.500. The molecular weight excluding hydrogens is 170 g/mol. The van der Waals surface area contributed by atoms with Gasteiger partial charge in [-0.15, -0.1) is 0 Å². The summed E-state index contributed by atoms with van der Waals surface area (Å²) in [7, 11) is 0. The maximum atomic E-state index is 5.31. The minimum atomic E-state index is 0.442. The van der Waals surface area contributed by atoms with E-state index in [1.165, 1.54) is 0 Å². The van der Waals surface area contributed by atoms with Gasteiger partial charge in [0.2, 0.25) is 0 Å². The molecule has 1 aromatic rings. The van der Waals surface area contributed by atoms with Crippen molar-refractivity contribution in [3.63, 3.8) is 0 Å². The third-order valence-corrected chi connectivity index (χ3v) is 1.70. The van der Waals surface area contributed by atoms with Crippen molar-refractivity contribution >= 4 is 12.0 Å². The third-order valence-electron chi connectivity index (χ3n) is 1.70. The van der Waals surface area contributed by atoms with Gasteiger partial charge in [0.1, 0.15) is 12.4 Å². The van der Waals surface area contributed by atoms with Crippen LogP contribution in [0.5, 0.6) is 0 Å². The van der Waals surface area contributed by atoms with Gasteiger partial charge in [0, 0.05) is 6.42 Å². The molecule has 1 aliphatic rings. The summed E-state index contributed by atoms with van der Waals surface area (Å²) in [6, 6.07) is 0.932. The van der Waals surface area contributed by atoms with Crippen molar-refractivity contribution in [2.45, 2.75) is 13.3 Å². The first-order chi connectivity index (χ1) is 6.38. The SMILES string of the molecule is CCc1cnc(NC2=NCCO2)o1. The summed E-state index contributed by atoms with van der Waals surface area (Å²) < 4.78 is 10.5. The van der Waals surface area contributed by atoms with E-state index >= 15 is 0 Å². The van der Waals surface area contributed by atoms with Crippen molar-refractivity contribution in [3.05, 3.63) is 12.0 Å². The molecule has 0 aliphatic carbocycles. The summed E-state index contributed by atoms with van der Waals surface area (Å²) >= 11 is 0. The number of aryl methyl sites for hydroxylation is 1. The maximum Gasteiger partial charge on any atom is 0.302 e. The van der Waals surface area contributed by atoms with Crippen LogP contribution in [-0.4, -0.2) is 24.2 Å². The Hall–Kier alpha value is -1.52. The highest BCUT2D eigenvalue weighted by molar-refractivity contribution is 5.87. The Labute approximate surface area is 75.8 Å². The number of ether oxygens (including phenoxy) is 1. The zero-order chi connectivity index (χ0) is 9.10. The summed E-state index contributed by atoms with van der Waals surface area (Å²) in [6.45, 7) is 3.33. The van der Waals surface area contributed by atoms with Crippen LogP contribution < -0.4 is 5.32 Å². The Kier molecular flexibility index (Phi) is 2.16. The van der Waals surface area contributed by atoms with Crippen LogP contribution in [0.4, 0.5) is 6.01 Å². The van der Waals surface area contributed by atoms with Gasteiger partial charge in [-0.3, -0.25) is 5.32 Å². The predicted octanol–water partition coefficient (Wildman–Crippen LogP) is 1.04. The summed E-state index contributed by atoms with van der Waals surface area (Å²) in [6.07, 6.45) is 2.53. The van der Waals surface area contributed by atoms with Gasteiger partial charge in [0.05, 0.1) is 12.7 Å². The fourth-order valence-corrected chi connectivity index (χ4v) is 1.03. The first-order valence-corrected chi connectivity index (χ1v) is 4.27. The van der Waals surface area contributed by atoms with Gasteiger partial charge in [-0.05, 0) is 0 Å². The van der Waals surface area contributed by atoms with E-state index in [1.54, 1.807) is 6.20 Å². The van der Waals surface area contributed by atoms with Crippen LogP contribution in [0.1, 0.15) is 12.7 Å². The summed E-state index contributed by atoms with van der Waals surface area (Å²) in [5, 5.41) is 2.85. The van der Waals surface area contributed by atoms with Crippen LogP contribution >= 0.6 is 0 Å². The lowest BCUT2D eigenvalue weighted by molar-refractivity contribution is 0.345. The second kappa shape index (κ2) is 3.47. The van der Waals surface area contributed by atoms with Crippen LogP contribution in [0.15, 0.2) is 15.6 Å². The van der Waals surface area contributed by atoms with Gasteiger partial charge < -0.3 is 9.15 Å². The zero-order valence-electron chi connectivity index (χ0n) is 7.41. The fourth-order valence-electron chi connectivity index (χ4n) is 1.03. The molecule has 0 aromatic carbocycles. The van der Waals surface area contributed by atoms with E-state index in [0.717, 1.165) is 12.2 Å². The maximum absolute atomic E-state index is 5.31. The van der Waals surface area contributed by atoms with Gasteiger partial charge >= 0.3 is 6.01 Å². The minimum absolute atomic E-state index is 0.442. The first-order valence-electron chi connectivity index (χ1n) is 4.27. The van der Waals surface area contributed by atoms with Crippen molar-refractivity contribution < 1.29 is 9.15 Å². The van der Waals surface area contributed by atoms with Crippen molar-refractivity contribution in [1.29, 1.82) is 0 Å². The smallest absolute Gasteiger partial charge is 0.302 e. The quantitative estimate of drug-likeness (QED) is 0.740. The number of nitrogens with one attached hydrogen (secondary N) is 1. The first kappa shape index (κ1) is 8.10. The number of amidine groups is 1. The lowest BCUT2D eigenvalue weighted by Crippen LogP contribution is -2.11. The number of oxazole rings is 1. The van der Waals surface area contributed by atoms with E-state index < -0.39 is 0 Å². The molecule has 1 N–H and O–H groups in total. The highest BCUT2D eigenvalue weighted by Crippen LogP contribution is 2.10. The average Bonchev–Trinajstić information content (AvgIpc) is 2.76. The molecule has 0 amide bonds. The Morgan fingerprint density at radius 3 is 3.15 bits per heavy atom. The third kappa shape index (κ3) is 1.80. The lowest BCUT2D eigenvalue weighted by atomic mass is 10.4. The van der Waals surface area contributed by atoms with Crippen molar-refractivity contribution in [2.24, 2.45) is 4.99 Å². The molecule has 5 heteroatoms. The molecule has 70 valence electrons. The molecule has 2 heterocycles. The van der Waals surface area contributed by atoms with Crippen molar-refractivity contribution in [3.8, 4) is 0 Å². The largest absolute Gasteiger partial charge is 0.463 e. The molecule has 0 saturated heterocycles. The highest BCUT2D eigenvalue weighted by Gasteiger charge is 2.10. The minimum Gasteiger partial charge on any atom is -0.463 e. The Balaban J connectivity index is 2.00. The van der Waals surface area contributed by atoms with Crippen LogP contribution in [-0.2, 0) is 11.2 Å². The van der Waals surface area contributed by atoms with E-state index in [-0.39, 0.29) is 0 Å². The molecule has 0 bridgehead atoms. The van der Waals surface area contributed by atoms with Crippen LogP contribution in [0.3, 0.4) is 0 Å². The van der Waals surface area contributed by atoms with Gasteiger partial charge in [-0.2, -0.15) is 0 Å². The molecule has 1 aromatic heterocycles. The number of hydrogen-bond donors (Lipinski definition) is 1. The van der Waals surface area contributed by atoms with Gasteiger partial charge in [0.15, 0.2) is 0 Å². The Morgan fingerprint density at radius 2 is 2.54 bits per heavy atom. The molecule has 0 saturated carbocycles. The number of rotatable bonds is 2. The summed E-state index contributed by atoms with van der Waals surface area (Å²) in [4.78, 5) is 8.06.